The number of benzene rings is 7. The highest BCUT2D eigenvalue weighted by molar-refractivity contribution is 7.27. The van der Waals surface area contributed by atoms with Gasteiger partial charge in [-0.15, -0.1) is 22.7 Å². The molecule has 0 saturated heterocycles. The van der Waals surface area contributed by atoms with Crippen molar-refractivity contribution in [2.75, 3.05) is 0 Å². The van der Waals surface area contributed by atoms with Crippen LogP contribution in [0.4, 0.5) is 0 Å². The van der Waals surface area contributed by atoms with E-state index in [9.17, 15) is 0 Å². The van der Waals surface area contributed by atoms with Crippen LogP contribution in [0.2, 0.25) is 0 Å². The molecule has 0 aliphatic carbocycles. The van der Waals surface area contributed by atoms with Gasteiger partial charge in [0.1, 0.15) is 4.83 Å². The molecule has 3 nitrogen and oxygen atoms in total. The fourth-order valence-electron chi connectivity index (χ4n) is 7.67. The minimum Gasteiger partial charge on any atom is -0.277 e. The summed E-state index contributed by atoms with van der Waals surface area (Å²) in [6, 6.07) is 50.2. The van der Waals surface area contributed by atoms with Gasteiger partial charge in [-0.2, -0.15) is 0 Å². The Bertz CT molecular complexity index is 3080. The van der Waals surface area contributed by atoms with Gasteiger partial charge in [-0.05, 0) is 34.4 Å². The standard InChI is InChI=1S/C42H23N3S2/c1-2-14-25-24(12-1)13-11-20-27(25)38-36-30-18-6-10-23-34(30)47-41(36)44-42(43-38)45-32-21-8-5-17-29(32)35-26-15-3-4-16-28(26)40-37(39(35)45)31-19-7-9-22-33(31)46-40/h1-23H. The number of para-hydroxylation sites is 1. The molecule has 0 aliphatic heterocycles. The zero-order chi connectivity index (χ0) is 30.6. The highest BCUT2D eigenvalue weighted by Gasteiger charge is 2.25. The van der Waals surface area contributed by atoms with Gasteiger partial charge in [-0.3, -0.25) is 4.57 Å². The second-order valence-corrected chi connectivity index (χ2v) is 14.2. The Labute approximate surface area is 276 Å². The van der Waals surface area contributed by atoms with Gasteiger partial charge in [0.2, 0.25) is 5.95 Å². The lowest BCUT2D eigenvalue weighted by Crippen LogP contribution is -2.03. The Kier molecular flexibility index (Phi) is 5.14. The second-order valence-electron chi connectivity index (χ2n) is 12.1. The second kappa shape index (κ2) is 9.46. The molecule has 4 aromatic heterocycles. The maximum atomic E-state index is 5.60. The van der Waals surface area contributed by atoms with Crippen molar-refractivity contribution in [3.63, 3.8) is 0 Å². The smallest absolute Gasteiger partial charge is 0.236 e. The van der Waals surface area contributed by atoms with Crippen molar-refractivity contribution in [1.82, 2.24) is 14.5 Å². The van der Waals surface area contributed by atoms with Crippen LogP contribution in [-0.2, 0) is 0 Å². The number of rotatable bonds is 2. The minimum atomic E-state index is 0.699. The molecule has 5 heteroatoms. The van der Waals surface area contributed by atoms with Gasteiger partial charge < -0.3 is 0 Å². The largest absolute Gasteiger partial charge is 0.277 e. The van der Waals surface area contributed by atoms with E-state index in [-0.39, 0.29) is 0 Å². The average molecular weight is 634 g/mol. The molecule has 7 aromatic carbocycles. The predicted molar refractivity (Wildman–Crippen MR) is 203 cm³/mol. The van der Waals surface area contributed by atoms with Gasteiger partial charge in [0.05, 0.1) is 16.7 Å². The van der Waals surface area contributed by atoms with Gasteiger partial charge in [-0.25, -0.2) is 9.97 Å². The highest BCUT2D eigenvalue weighted by Crippen LogP contribution is 2.48. The monoisotopic (exact) mass is 633 g/mol. The van der Waals surface area contributed by atoms with Crippen molar-refractivity contribution in [3.05, 3.63) is 140 Å². The van der Waals surface area contributed by atoms with Gasteiger partial charge in [-0.1, -0.05) is 121 Å². The molecule has 4 heterocycles. The third-order valence-corrected chi connectivity index (χ3v) is 11.9. The van der Waals surface area contributed by atoms with Crippen LogP contribution in [0.1, 0.15) is 0 Å². The van der Waals surface area contributed by atoms with Crippen molar-refractivity contribution in [3.8, 4) is 17.2 Å². The van der Waals surface area contributed by atoms with Crippen LogP contribution in [-0.4, -0.2) is 14.5 Å². The number of hydrogen-bond acceptors (Lipinski definition) is 4. The number of fused-ring (bicyclic) bond motifs is 14. The molecule has 0 atom stereocenters. The predicted octanol–water partition coefficient (Wildman–Crippen LogP) is 12.3. The molecular weight excluding hydrogens is 611 g/mol. The Morgan fingerprint density at radius 3 is 1.89 bits per heavy atom. The van der Waals surface area contributed by atoms with Crippen LogP contribution in [0.3, 0.4) is 0 Å². The summed E-state index contributed by atoms with van der Waals surface area (Å²) in [7, 11) is 0. The van der Waals surface area contributed by atoms with E-state index in [0.717, 1.165) is 27.0 Å². The SMILES string of the molecule is c1ccc2c(-c3nc(-n4c5ccccc5c5c6ccccc6c6sc7ccccc7c6c54)nc4sc5ccccc5c34)cccc2c1. The van der Waals surface area contributed by atoms with Gasteiger partial charge in [0.15, 0.2) is 0 Å². The molecular formula is C42H23N3S2. The van der Waals surface area contributed by atoms with E-state index in [0.29, 0.717) is 5.95 Å². The zero-order valence-corrected chi connectivity index (χ0v) is 26.6. The minimum absolute atomic E-state index is 0.699. The van der Waals surface area contributed by atoms with Crippen molar-refractivity contribution in [1.29, 1.82) is 0 Å². The van der Waals surface area contributed by atoms with E-state index in [1.54, 1.807) is 11.3 Å². The lowest BCUT2D eigenvalue weighted by molar-refractivity contribution is 1.02. The first kappa shape index (κ1) is 25.6. The van der Waals surface area contributed by atoms with Crippen molar-refractivity contribution >= 4 is 106 Å². The number of nitrogens with zero attached hydrogens (tertiary/aromatic N) is 3. The Balaban J connectivity index is 1.39. The molecule has 11 aromatic rings. The molecule has 0 bridgehead atoms. The summed E-state index contributed by atoms with van der Waals surface area (Å²) in [5.74, 6) is 0.699. The lowest BCUT2D eigenvalue weighted by atomic mass is 9.99. The van der Waals surface area contributed by atoms with Crippen LogP contribution in [0.25, 0.3) is 101 Å². The van der Waals surface area contributed by atoms with Gasteiger partial charge in [0, 0.05) is 57.4 Å². The van der Waals surface area contributed by atoms with Crippen LogP contribution in [0.5, 0.6) is 0 Å². The third-order valence-electron chi connectivity index (χ3n) is 9.62. The van der Waals surface area contributed by atoms with Gasteiger partial charge in [0.25, 0.3) is 0 Å². The first-order valence-electron chi connectivity index (χ1n) is 15.8. The van der Waals surface area contributed by atoms with Crippen LogP contribution in [0, 0.1) is 0 Å². The Morgan fingerprint density at radius 2 is 1.06 bits per heavy atom. The Morgan fingerprint density at radius 1 is 0.447 bits per heavy atom. The molecule has 0 fully saturated rings. The summed E-state index contributed by atoms with van der Waals surface area (Å²) in [5, 5.41) is 12.2. The molecule has 0 N–H and O–H groups in total. The normalized spacial score (nSPS) is 12.3. The first-order valence-corrected chi connectivity index (χ1v) is 17.4. The van der Waals surface area contributed by atoms with E-state index in [4.69, 9.17) is 9.97 Å². The highest BCUT2D eigenvalue weighted by atomic mass is 32.1. The molecule has 47 heavy (non-hydrogen) atoms. The molecule has 11 rings (SSSR count). The Hall–Kier alpha value is -5.62. The molecule has 0 saturated carbocycles. The fraction of sp³-hybridized carbons (Fsp3) is 0. The van der Waals surface area contributed by atoms with Crippen LogP contribution in [0.15, 0.2) is 140 Å². The lowest BCUT2D eigenvalue weighted by Gasteiger charge is -2.13. The zero-order valence-electron chi connectivity index (χ0n) is 24.9. The van der Waals surface area contributed by atoms with Crippen LogP contribution < -0.4 is 0 Å². The summed E-state index contributed by atoms with van der Waals surface area (Å²) >= 11 is 3.62. The van der Waals surface area contributed by atoms with E-state index in [2.05, 4.69) is 144 Å². The molecule has 0 aliphatic rings. The first-order chi connectivity index (χ1) is 23.3. The summed E-state index contributed by atoms with van der Waals surface area (Å²) in [5.41, 5.74) is 4.37. The van der Waals surface area contributed by atoms with Crippen molar-refractivity contribution in [2.45, 2.75) is 0 Å². The van der Waals surface area contributed by atoms with Gasteiger partial charge >= 0.3 is 0 Å². The molecule has 0 unspecified atom stereocenters. The van der Waals surface area contributed by atoms with E-state index >= 15 is 0 Å². The fourth-order valence-corrected chi connectivity index (χ4v) is 9.98. The summed E-state index contributed by atoms with van der Waals surface area (Å²) < 4.78 is 6.15. The van der Waals surface area contributed by atoms with E-state index < -0.39 is 0 Å². The maximum absolute atomic E-state index is 5.60. The van der Waals surface area contributed by atoms with Crippen molar-refractivity contribution < 1.29 is 0 Å². The quantitative estimate of drug-likeness (QED) is 0.190. The maximum Gasteiger partial charge on any atom is 0.236 e. The molecule has 0 amide bonds. The molecule has 0 radical (unpaired) electrons. The summed E-state index contributed by atoms with van der Waals surface area (Å²) in [6.07, 6.45) is 0. The topological polar surface area (TPSA) is 30.7 Å². The number of hydrogen-bond donors (Lipinski definition) is 0. The molecule has 0 spiro atoms. The van der Waals surface area contributed by atoms with Crippen molar-refractivity contribution in [2.24, 2.45) is 0 Å². The third kappa shape index (κ3) is 3.45. The number of thiophene rings is 2. The van der Waals surface area contributed by atoms with E-state index in [1.807, 2.05) is 11.3 Å². The summed E-state index contributed by atoms with van der Waals surface area (Å²) in [6.45, 7) is 0. The summed E-state index contributed by atoms with van der Waals surface area (Å²) in [4.78, 5) is 12.0. The van der Waals surface area contributed by atoms with Crippen LogP contribution >= 0.6 is 22.7 Å². The molecule has 218 valence electrons. The van der Waals surface area contributed by atoms with E-state index in [1.165, 1.54) is 68.1 Å². The number of aromatic nitrogens is 3. The average Bonchev–Trinajstić information content (AvgIpc) is 3.81.